The Bertz CT molecular complexity index is 314. The molecule has 1 fully saturated rings. The van der Waals surface area contributed by atoms with Gasteiger partial charge in [-0.15, -0.1) is 0 Å². The molecule has 1 N–H and O–H groups in total. The topological polar surface area (TPSA) is 28.2 Å². The smallest absolute Gasteiger partial charge is 0.129 e. The quantitative estimate of drug-likeness (QED) is 0.773. The van der Waals surface area contributed by atoms with Gasteiger partial charge in [0.1, 0.15) is 5.15 Å². The minimum atomic E-state index is 0.597. The zero-order valence-corrected chi connectivity index (χ0v) is 9.72. The molecule has 0 radical (unpaired) electrons. The van der Waals surface area contributed by atoms with E-state index in [1.54, 1.807) is 0 Å². The predicted molar refractivity (Wildman–Crippen MR) is 62.1 cm³/mol. The number of halogens is 1. The van der Waals surface area contributed by atoms with E-state index in [0.717, 1.165) is 38.4 Å². The number of aromatic nitrogens is 1. The van der Waals surface area contributed by atoms with Crippen LogP contribution >= 0.6 is 11.6 Å². The van der Waals surface area contributed by atoms with E-state index < -0.39 is 0 Å². The van der Waals surface area contributed by atoms with Crippen LogP contribution in [-0.2, 0) is 6.54 Å². The lowest BCUT2D eigenvalue weighted by Gasteiger charge is -2.27. The van der Waals surface area contributed by atoms with Gasteiger partial charge < -0.3 is 5.32 Å². The van der Waals surface area contributed by atoms with Crippen LogP contribution in [0.3, 0.4) is 0 Å². The molecule has 0 saturated carbocycles. The number of aryl methyl sites for hydroxylation is 1. The van der Waals surface area contributed by atoms with Crippen LogP contribution in [0.4, 0.5) is 0 Å². The van der Waals surface area contributed by atoms with Crippen molar-refractivity contribution >= 4 is 11.6 Å². The van der Waals surface area contributed by atoms with Gasteiger partial charge in [0, 0.05) is 38.4 Å². The highest BCUT2D eigenvalue weighted by Crippen LogP contribution is 2.12. The maximum atomic E-state index is 5.93. The molecule has 1 aromatic heterocycles. The minimum Gasteiger partial charge on any atom is -0.314 e. The van der Waals surface area contributed by atoms with Gasteiger partial charge in [0.25, 0.3) is 0 Å². The van der Waals surface area contributed by atoms with Crippen LogP contribution in [0.5, 0.6) is 0 Å². The summed E-state index contributed by atoms with van der Waals surface area (Å²) in [6.45, 7) is 7.34. The van der Waals surface area contributed by atoms with E-state index in [0.29, 0.717) is 5.15 Å². The molecule has 2 heterocycles. The second kappa shape index (κ2) is 4.92. The average Bonchev–Trinajstić information content (AvgIpc) is 2.17. The fourth-order valence-electron chi connectivity index (χ4n) is 1.91. The number of nitrogens with zero attached hydrogens (tertiary/aromatic N) is 2. The Labute approximate surface area is 95.4 Å². The molecule has 0 amide bonds. The van der Waals surface area contributed by atoms with Crippen molar-refractivity contribution in [3.63, 3.8) is 0 Å². The first-order chi connectivity index (χ1) is 7.24. The molecule has 2 rings (SSSR count). The third-order valence-electron chi connectivity index (χ3n) is 2.60. The van der Waals surface area contributed by atoms with Crippen molar-refractivity contribution in [2.75, 3.05) is 26.2 Å². The van der Waals surface area contributed by atoms with Gasteiger partial charge in [-0.25, -0.2) is 4.98 Å². The molecule has 1 aromatic rings. The van der Waals surface area contributed by atoms with Crippen LogP contribution < -0.4 is 5.32 Å². The number of nitrogens with one attached hydrogen (secondary N) is 1. The van der Waals surface area contributed by atoms with Gasteiger partial charge in [-0.2, -0.15) is 0 Å². The first-order valence-corrected chi connectivity index (χ1v) is 5.68. The second-order valence-electron chi connectivity index (χ2n) is 3.97. The summed E-state index contributed by atoms with van der Waals surface area (Å²) < 4.78 is 0. The summed E-state index contributed by atoms with van der Waals surface area (Å²) in [5.41, 5.74) is 2.25. The number of hydrogen-bond donors (Lipinski definition) is 1. The largest absolute Gasteiger partial charge is 0.314 e. The lowest BCUT2D eigenvalue weighted by Crippen LogP contribution is -2.42. The van der Waals surface area contributed by atoms with Crippen molar-refractivity contribution in [2.45, 2.75) is 13.5 Å². The SMILES string of the molecule is Cc1cc(CN2CCNCC2)cc(Cl)n1. The first kappa shape index (κ1) is 10.9. The van der Waals surface area contributed by atoms with E-state index in [9.17, 15) is 0 Å². The van der Waals surface area contributed by atoms with Gasteiger partial charge in [0.05, 0.1) is 0 Å². The van der Waals surface area contributed by atoms with Crippen molar-refractivity contribution in [2.24, 2.45) is 0 Å². The summed E-state index contributed by atoms with van der Waals surface area (Å²) in [4.78, 5) is 6.59. The van der Waals surface area contributed by atoms with Crippen molar-refractivity contribution < 1.29 is 0 Å². The van der Waals surface area contributed by atoms with E-state index in [-0.39, 0.29) is 0 Å². The number of rotatable bonds is 2. The number of pyridine rings is 1. The summed E-state index contributed by atoms with van der Waals surface area (Å²) in [6, 6.07) is 4.06. The van der Waals surface area contributed by atoms with Crippen molar-refractivity contribution in [1.29, 1.82) is 0 Å². The molecule has 1 aliphatic rings. The number of hydrogen-bond acceptors (Lipinski definition) is 3. The molecule has 4 heteroatoms. The first-order valence-electron chi connectivity index (χ1n) is 5.30. The van der Waals surface area contributed by atoms with Gasteiger partial charge in [0.15, 0.2) is 0 Å². The van der Waals surface area contributed by atoms with Crippen LogP contribution in [0.1, 0.15) is 11.3 Å². The molecule has 15 heavy (non-hydrogen) atoms. The lowest BCUT2D eigenvalue weighted by molar-refractivity contribution is 0.233. The Kier molecular flexibility index (Phi) is 3.57. The highest BCUT2D eigenvalue weighted by Gasteiger charge is 2.10. The van der Waals surface area contributed by atoms with E-state index in [1.165, 1.54) is 5.56 Å². The van der Waals surface area contributed by atoms with Crippen LogP contribution in [-0.4, -0.2) is 36.1 Å². The maximum absolute atomic E-state index is 5.93. The van der Waals surface area contributed by atoms with Crippen LogP contribution in [0.25, 0.3) is 0 Å². The van der Waals surface area contributed by atoms with Gasteiger partial charge in [-0.3, -0.25) is 4.90 Å². The Morgan fingerprint density at radius 3 is 2.80 bits per heavy atom. The van der Waals surface area contributed by atoms with Gasteiger partial charge >= 0.3 is 0 Å². The molecule has 3 nitrogen and oxygen atoms in total. The van der Waals surface area contributed by atoms with Gasteiger partial charge in [-0.1, -0.05) is 11.6 Å². The average molecular weight is 226 g/mol. The maximum Gasteiger partial charge on any atom is 0.129 e. The highest BCUT2D eigenvalue weighted by molar-refractivity contribution is 6.29. The molecule has 82 valence electrons. The summed E-state index contributed by atoms with van der Waals surface area (Å²) in [5, 5.41) is 3.94. The molecule has 0 unspecified atom stereocenters. The molecular formula is C11H16ClN3. The molecule has 1 saturated heterocycles. The summed E-state index contributed by atoms with van der Waals surface area (Å²) in [7, 11) is 0. The van der Waals surface area contributed by atoms with Crippen molar-refractivity contribution in [3.8, 4) is 0 Å². The Morgan fingerprint density at radius 1 is 1.40 bits per heavy atom. The van der Waals surface area contributed by atoms with Gasteiger partial charge in [0.2, 0.25) is 0 Å². The van der Waals surface area contributed by atoms with Crippen LogP contribution in [0.15, 0.2) is 12.1 Å². The Balaban J connectivity index is 2.02. The zero-order chi connectivity index (χ0) is 10.7. The second-order valence-corrected chi connectivity index (χ2v) is 4.35. The molecule has 0 bridgehead atoms. The molecule has 0 atom stereocenters. The summed E-state index contributed by atoms with van der Waals surface area (Å²) in [6.07, 6.45) is 0. The van der Waals surface area contributed by atoms with Crippen molar-refractivity contribution in [1.82, 2.24) is 15.2 Å². The predicted octanol–water partition coefficient (Wildman–Crippen LogP) is 1.45. The summed E-state index contributed by atoms with van der Waals surface area (Å²) >= 11 is 5.93. The fourth-order valence-corrected chi connectivity index (χ4v) is 2.19. The van der Waals surface area contributed by atoms with Crippen LogP contribution in [0, 0.1) is 6.92 Å². The molecule has 0 spiro atoms. The Hall–Kier alpha value is -0.640. The van der Waals surface area contributed by atoms with E-state index in [2.05, 4.69) is 21.3 Å². The standard InChI is InChI=1S/C11H16ClN3/c1-9-6-10(7-11(12)14-9)8-15-4-2-13-3-5-15/h6-7,13H,2-5,8H2,1H3. The van der Waals surface area contributed by atoms with Crippen molar-refractivity contribution in [3.05, 3.63) is 28.5 Å². The fraction of sp³-hybridized carbons (Fsp3) is 0.545. The van der Waals surface area contributed by atoms with E-state index in [1.807, 2.05) is 13.0 Å². The normalized spacial score (nSPS) is 18.0. The zero-order valence-electron chi connectivity index (χ0n) is 8.96. The van der Waals surface area contributed by atoms with Gasteiger partial charge in [-0.05, 0) is 24.6 Å². The lowest BCUT2D eigenvalue weighted by atomic mass is 10.2. The minimum absolute atomic E-state index is 0.597. The molecule has 0 aliphatic carbocycles. The molecule has 0 aromatic carbocycles. The molecular weight excluding hydrogens is 210 g/mol. The Morgan fingerprint density at radius 2 is 2.13 bits per heavy atom. The number of piperazine rings is 1. The van der Waals surface area contributed by atoms with E-state index in [4.69, 9.17) is 11.6 Å². The summed E-state index contributed by atoms with van der Waals surface area (Å²) in [5.74, 6) is 0. The monoisotopic (exact) mass is 225 g/mol. The third-order valence-corrected chi connectivity index (χ3v) is 2.79. The van der Waals surface area contributed by atoms with E-state index >= 15 is 0 Å². The third kappa shape index (κ3) is 3.16. The highest BCUT2D eigenvalue weighted by atomic mass is 35.5. The van der Waals surface area contributed by atoms with Crippen LogP contribution in [0.2, 0.25) is 5.15 Å². The molecule has 1 aliphatic heterocycles.